The van der Waals surface area contributed by atoms with Crippen LogP contribution in [-0.2, 0) is 5.60 Å². The molecular weight excluding hydrogens is 278 g/mol. The molecule has 1 aromatic carbocycles. The zero-order valence-electron chi connectivity index (χ0n) is 12.5. The highest BCUT2D eigenvalue weighted by Gasteiger charge is 2.34. The van der Waals surface area contributed by atoms with Crippen LogP contribution in [0.5, 0.6) is 0 Å². The summed E-state index contributed by atoms with van der Waals surface area (Å²) in [4.78, 5) is 3.33. The molecule has 2 atom stereocenters. The number of hydrogen-bond acceptors (Lipinski definition) is 3. The fourth-order valence-corrected chi connectivity index (χ4v) is 2.89. The van der Waals surface area contributed by atoms with Gasteiger partial charge in [-0.25, -0.2) is 0 Å². The van der Waals surface area contributed by atoms with E-state index in [1.807, 2.05) is 26.2 Å². The second-order valence-electron chi connectivity index (χ2n) is 5.17. The van der Waals surface area contributed by atoms with Crippen molar-refractivity contribution in [1.82, 2.24) is 4.90 Å². The minimum Gasteiger partial charge on any atom is -0.385 e. The van der Waals surface area contributed by atoms with Crippen molar-refractivity contribution in [3.05, 3.63) is 29.8 Å². The van der Waals surface area contributed by atoms with Crippen molar-refractivity contribution in [3.8, 4) is 0 Å². The highest BCUT2D eigenvalue weighted by Crippen LogP contribution is 2.34. The Morgan fingerprint density at radius 1 is 1.37 bits per heavy atom. The van der Waals surface area contributed by atoms with E-state index in [9.17, 15) is 5.11 Å². The lowest BCUT2D eigenvalue weighted by atomic mass is 9.80. The third-order valence-electron chi connectivity index (χ3n) is 3.56. The number of nitrogens with zero attached hydrogens (tertiary/aromatic N) is 1. The average Bonchev–Trinajstić information content (AvgIpc) is 2.37. The third-order valence-corrected chi connectivity index (χ3v) is 4.29. The largest absolute Gasteiger partial charge is 0.385 e. The van der Waals surface area contributed by atoms with Gasteiger partial charge in [0.05, 0.1) is 5.60 Å². The molecule has 2 nitrogen and oxygen atoms in total. The van der Waals surface area contributed by atoms with Crippen molar-refractivity contribution >= 4 is 24.2 Å². The minimum atomic E-state index is -0.740. The summed E-state index contributed by atoms with van der Waals surface area (Å²) in [5, 5.41) is 11.0. The van der Waals surface area contributed by atoms with Crippen molar-refractivity contribution in [2.45, 2.75) is 30.8 Å². The Hall–Kier alpha value is -0.220. The van der Waals surface area contributed by atoms with Gasteiger partial charge in [0.15, 0.2) is 0 Å². The summed E-state index contributed by atoms with van der Waals surface area (Å²) >= 11 is 1.71. The average molecular weight is 304 g/mol. The molecule has 0 aliphatic carbocycles. The van der Waals surface area contributed by atoms with Gasteiger partial charge in [0.25, 0.3) is 0 Å². The van der Waals surface area contributed by atoms with Crippen LogP contribution in [0.15, 0.2) is 29.2 Å². The SMILES string of the molecule is CC[C@](O)(c1cccc(SC)c1)[C@H](C)CN(C)C.Cl. The van der Waals surface area contributed by atoms with E-state index in [0.29, 0.717) is 0 Å². The summed E-state index contributed by atoms with van der Waals surface area (Å²) in [6.45, 7) is 5.06. The number of halogens is 1. The van der Waals surface area contributed by atoms with E-state index in [4.69, 9.17) is 0 Å². The molecule has 0 radical (unpaired) electrons. The van der Waals surface area contributed by atoms with Gasteiger partial charge in [-0.1, -0.05) is 26.0 Å². The Bertz CT molecular complexity index is 386. The first-order chi connectivity index (χ1) is 8.43. The topological polar surface area (TPSA) is 23.5 Å². The summed E-state index contributed by atoms with van der Waals surface area (Å²) in [5.74, 6) is 0.203. The molecule has 0 saturated carbocycles. The van der Waals surface area contributed by atoms with Crippen LogP contribution in [0.4, 0.5) is 0 Å². The lowest BCUT2D eigenvalue weighted by Crippen LogP contribution is -2.38. The molecule has 0 heterocycles. The van der Waals surface area contributed by atoms with E-state index in [1.54, 1.807) is 11.8 Å². The number of benzene rings is 1. The van der Waals surface area contributed by atoms with Crippen LogP contribution in [0.1, 0.15) is 25.8 Å². The van der Waals surface area contributed by atoms with Gasteiger partial charge in [-0.3, -0.25) is 0 Å². The highest BCUT2D eigenvalue weighted by atomic mass is 35.5. The van der Waals surface area contributed by atoms with E-state index in [1.165, 1.54) is 4.90 Å². The molecule has 0 bridgehead atoms. The van der Waals surface area contributed by atoms with E-state index >= 15 is 0 Å². The number of thioether (sulfide) groups is 1. The maximum absolute atomic E-state index is 11.0. The van der Waals surface area contributed by atoms with Crippen LogP contribution in [0.25, 0.3) is 0 Å². The van der Waals surface area contributed by atoms with Crippen molar-refractivity contribution in [2.24, 2.45) is 5.92 Å². The number of hydrogen-bond donors (Lipinski definition) is 1. The van der Waals surface area contributed by atoms with Crippen LogP contribution in [-0.4, -0.2) is 36.9 Å². The molecule has 4 heteroatoms. The Kier molecular flexibility index (Phi) is 8.06. The maximum atomic E-state index is 11.0. The minimum absolute atomic E-state index is 0. The molecule has 19 heavy (non-hydrogen) atoms. The lowest BCUT2D eigenvalue weighted by Gasteiger charge is -2.35. The molecule has 0 spiro atoms. The summed E-state index contributed by atoms with van der Waals surface area (Å²) in [5.41, 5.74) is 0.293. The molecule has 0 amide bonds. The molecule has 1 aromatic rings. The second kappa shape index (κ2) is 8.15. The predicted molar refractivity (Wildman–Crippen MR) is 87.4 cm³/mol. The van der Waals surface area contributed by atoms with Gasteiger partial charge in [-0.15, -0.1) is 24.2 Å². The van der Waals surface area contributed by atoms with Gasteiger partial charge in [0.2, 0.25) is 0 Å². The molecule has 110 valence electrons. The van der Waals surface area contributed by atoms with Gasteiger partial charge >= 0.3 is 0 Å². The first-order valence-corrected chi connectivity index (χ1v) is 7.68. The van der Waals surface area contributed by atoms with Crippen molar-refractivity contribution in [1.29, 1.82) is 0 Å². The highest BCUT2D eigenvalue weighted by molar-refractivity contribution is 7.98. The fraction of sp³-hybridized carbons (Fsp3) is 0.600. The summed E-state index contributed by atoms with van der Waals surface area (Å²) in [7, 11) is 4.09. The van der Waals surface area contributed by atoms with E-state index in [0.717, 1.165) is 18.5 Å². The van der Waals surface area contributed by atoms with Crippen molar-refractivity contribution in [2.75, 3.05) is 26.9 Å². The first kappa shape index (κ1) is 18.8. The van der Waals surface area contributed by atoms with Crippen molar-refractivity contribution < 1.29 is 5.11 Å². The Morgan fingerprint density at radius 2 is 2.00 bits per heavy atom. The van der Waals surface area contributed by atoms with Gasteiger partial charge in [0, 0.05) is 17.4 Å². The van der Waals surface area contributed by atoms with Crippen LogP contribution >= 0.6 is 24.2 Å². The molecule has 0 aliphatic heterocycles. The molecule has 0 aromatic heterocycles. The molecule has 1 rings (SSSR count). The second-order valence-corrected chi connectivity index (χ2v) is 6.05. The molecule has 0 unspecified atom stereocenters. The summed E-state index contributed by atoms with van der Waals surface area (Å²) in [6, 6.07) is 8.26. The lowest BCUT2D eigenvalue weighted by molar-refractivity contribution is -0.0293. The maximum Gasteiger partial charge on any atom is 0.0931 e. The summed E-state index contributed by atoms with van der Waals surface area (Å²) < 4.78 is 0. The first-order valence-electron chi connectivity index (χ1n) is 6.45. The Morgan fingerprint density at radius 3 is 2.47 bits per heavy atom. The van der Waals surface area contributed by atoms with Gasteiger partial charge in [-0.2, -0.15) is 0 Å². The smallest absolute Gasteiger partial charge is 0.0931 e. The Labute approximate surface area is 128 Å². The Balaban J connectivity index is 0.00000324. The third kappa shape index (κ3) is 4.67. The van der Waals surface area contributed by atoms with Crippen LogP contribution < -0.4 is 0 Å². The zero-order valence-corrected chi connectivity index (χ0v) is 14.1. The predicted octanol–water partition coefficient (Wildman–Crippen LogP) is 3.63. The van der Waals surface area contributed by atoms with Crippen LogP contribution in [0, 0.1) is 5.92 Å². The fourth-order valence-electron chi connectivity index (χ4n) is 2.43. The molecule has 0 saturated heterocycles. The standard InChI is InChI=1S/C15H25NOS.ClH/c1-6-15(17,12(2)11-16(3)4)13-8-7-9-14(10-13)18-5;/h7-10,12,17H,6,11H2,1-5H3;1H/t12-,15-;/m1./s1. The number of rotatable bonds is 6. The van der Waals surface area contributed by atoms with Gasteiger partial charge in [0.1, 0.15) is 0 Å². The van der Waals surface area contributed by atoms with E-state index in [2.05, 4.69) is 37.1 Å². The van der Waals surface area contributed by atoms with Gasteiger partial charge in [-0.05, 0) is 44.5 Å². The quantitative estimate of drug-likeness (QED) is 0.812. The van der Waals surface area contributed by atoms with Crippen molar-refractivity contribution in [3.63, 3.8) is 0 Å². The zero-order chi connectivity index (χ0) is 13.8. The monoisotopic (exact) mass is 303 g/mol. The van der Waals surface area contributed by atoms with Crippen LogP contribution in [0.3, 0.4) is 0 Å². The normalized spacial score (nSPS) is 15.7. The molecule has 0 aliphatic rings. The summed E-state index contributed by atoms with van der Waals surface area (Å²) in [6.07, 6.45) is 2.80. The van der Waals surface area contributed by atoms with E-state index < -0.39 is 5.60 Å². The van der Waals surface area contributed by atoms with Gasteiger partial charge < -0.3 is 10.0 Å². The molecule has 1 N–H and O–H groups in total. The number of aliphatic hydroxyl groups is 1. The molecule has 0 fully saturated rings. The van der Waals surface area contributed by atoms with Crippen LogP contribution in [0.2, 0.25) is 0 Å². The van der Waals surface area contributed by atoms with E-state index in [-0.39, 0.29) is 18.3 Å². The molecular formula is C15H26ClNOS.